The lowest BCUT2D eigenvalue weighted by Gasteiger charge is -2.14. The highest BCUT2D eigenvalue weighted by Crippen LogP contribution is 2.38. The van der Waals surface area contributed by atoms with Crippen LogP contribution in [0.2, 0.25) is 0 Å². The highest BCUT2D eigenvalue weighted by atomic mass is 16.5. The predicted molar refractivity (Wildman–Crippen MR) is 33.1 cm³/mol. The van der Waals surface area contributed by atoms with Gasteiger partial charge in [0.2, 0.25) is 0 Å². The van der Waals surface area contributed by atoms with Crippen LogP contribution >= 0.6 is 0 Å². The molecule has 3 atom stereocenters. The van der Waals surface area contributed by atoms with Crippen LogP contribution in [0.15, 0.2) is 0 Å². The molecule has 2 fully saturated rings. The molecule has 2 saturated heterocycles. The lowest BCUT2D eigenvalue weighted by molar-refractivity contribution is 0.0795. The normalized spacial score (nSPS) is 48.3. The first kappa shape index (κ1) is 5.69. The van der Waals surface area contributed by atoms with Gasteiger partial charge in [-0.05, 0) is 19.3 Å². The molecule has 0 aliphatic carbocycles. The second kappa shape index (κ2) is 1.96. The van der Waals surface area contributed by atoms with Gasteiger partial charge < -0.3 is 9.84 Å². The molecular weight excluding hydrogens is 116 g/mol. The number of fused-ring (bicyclic) bond motifs is 2. The van der Waals surface area contributed by atoms with E-state index in [1.165, 1.54) is 12.8 Å². The fourth-order valence-corrected chi connectivity index (χ4v) is 1.94. The highest BCUT2D eigenvalue weighted by Gasteiger charge is 2.39. The van der Waals surface area contributed by atoms with Gasteiger partial charge in [-0.15, -0.1) is 0 Å². The number of aliphatic hydroxyl groups is 1. The average Bonchev–Trinajstić information content (AvgIpc) is 2.45. The van der Waals surface area contributed by atoms with Crippen LogP contribution < -0.4 is 0 Å². The van der Waals surface area contributed by atoms with Crippen LogP contribution in [0.1, 0.15) is 19.3 Å². The molecule has 1 N–H and O–H groups in total. The molecular formula is C7H12O2. The molecule has 52 valence electrons. The number of rotatable bonds is 1. The van der Waals surface area contributed by atoms with E-state index in [-0.39, 0.29) is 0 Å². The zero-order valence-corrected chi connectivity index (χ0v) is 5.42. The molecule has 2 aliphatic heterocycles. The van der Waals surface area contributed by atoms with Gasteiger partial charge in [-0.3, -0.25) is 0 Å². The first-order valence-corrected chi connectivity index (χ1v) is 3.66. The molecule has 0 aromatic carbocycles. The highest BCUT2D eigenvalue weighted by molar-refractivity contribution is 4.88. The predicted octanol–water partition coefficient (Wildman–Crippen LogP) is 0.546. The molecule has 2 nitrogen and oxygen atoms in total. The van der Waals surface area contributed by atoms with Gasteiger partial charge in [0.05, 0.1) is 12.2 Å². The third-order valence-electron chi connectivity index (χ3n) is 2.47. The molecule has 0 aromatic rings. The number of hydrogen-bond donors (Lipinski definition) is 1. The molecule has 0 aromatic heterocycles. The first-order valence-electron chi connectivity index (χ1n) is 3.66. The van der Waals surface area contributed by atoms with Gasteiger partial charge in [0.1, 0.15) is 0 Å². The topological polar surface area (TPSA) is 29.5 Å². The van der Waals surface area contributed by atoms with Crippen molar-refractivity contribution >= 4 is 0 Å². The second-order valence-corrected chi connectivity index (χ2v) is 3.05. The molecule has 0 amide bonds. The van der Waals surface area contributed by atoms with Crippen molar-refractivity contribution in [2.24, 2.45) is 5.92 Å². The van der Waals surface area contributed by atoms with Crippen LogP contribution in [0.3, 0.4) is 0 Å². The van der Waals surface area contributed by atoms with E-state index in [0.29, 0.717) is 24.7 Å². The Bertz CT molecular complexity index is 113. The summed E-state index contributed by atoms with van der Waals surface area (Å²) in [6, 6.07) is 0. The van der Waals surface area contributed by atoms with Crippen LogP contribution in [0.4, 0.5) is 0 Å². The van der Waals surface area contributed by atoms with Gasteiger partial charge in [-0.25, -0.2) is 0 Å². The summed E-state index contributed by atoms with van der Waals surface area (Å²) in [6.07, 6.45) is 4.39. The Kier molecular flexibility index (Phi) is 1.24. The van der Waals surface area contributed by atoms with Gasteiger partial charge in [0.15, 0.2) is 0 Å². The van der Waals surface area contributed by atoms with Crippen LogP contribution in [-0.2, 0) is 4.74 Å². The summed E-state index contributed by atoms with van der Waals surface area (Å²) >= 11 is 0. The SMILES string of the molecule is OC[C@@H]1C[C@@H]2CC[C@H]1O2. The summed E-state index contributed by atoms with van der Waals surface area (Å²) in [5, 5.41) is 8.81. The van der Waals surface area contributed by atoms with Gasteiger partial charge in [-0.2, -0.15) is 0 Å². The van der Waals surface area contributed by atoms with E-state index < -0.39 is 0 Å². The third-order valence-corrected chi connectivity index (χ3v) is 2.47. The van der Waals surface area contributed by atoms with Crippen molar-refractivity contribution in [1.29, 1.82) is 0 Å². The molecule has 2 bridgehead atoms. The minimum atomic E-state index is 0.321. The van der Waals surface area contributed by atoms with E-state index in [1.54, 1.807) is 0 Å². The van der Waals surface area contributed by atoms with Gasteiger partial charge >= 0.3 is 0 Å². The molecule has 2 rings (SSSR count). The zero-order chi connectivity index (χ0) is 6.27. The Morgan fingerprint density at radius 1 is 1.44 bits per heavy atom. The average molecular weight is 128 g/mol. The maximum atomic E-state index is 8.81. The van der Waals surface area contributed by atoms with Crippen LogP contribution in [0.25, 0.3) is 0 Å². The lowest BCUT2D eigenvalue weighted by Crippen LogP contribution is -2.19. The van der Waals surface area contributed by atoms with Crippen molar-refractivity contribution in [2.45, 2.75) is 31.5 Å². The first-order chi connectivity index (χ1) is 4.40. The van der Waals surface area contributed by atoms with Crippen molar-refractivity contribution < 1.29 is 9.84 Å². The quantitative estimate of drug-likeness (QED) is 0.558. The second-order valence-electron chi connectivity index (χ2n) is 3.05. The van der Waals surface area contributed by atoms with E-state index in [2.05, 4.69) is 0 Å². The standard InChI is InChI=1S/C7H12O2/c8-4-5-3-6-1-2-7(5)9-6/h5-8H,1-4H2/t5-,6-,7+/m0/s1. The van der Waals surface area contributed by atoms with Crippen LogP contribution in [0, 0.1) is 5.92 Å². The third kappa shape index (κ3) is 0.775. The Morgan fingerprint density at radius 2 is 2.33 bits per heavy atom. The number of hydrogen-bond acceptors (Lipinski definition) is 2. The van der Waals surface area contributed by atoms with Gasteiger partial charge in [0, 0.05) is 12.5 Å². The Balaban J connectivity index is 2.01. The summed E-state index contributed by atoms with van der Waals surface area (Å²) < 4.78 is 5.52. The molecule has 2 heterocycles. The van der Waals surface area contributed by atoms with E-state index in [4.69, 9.17) is 9.84 Å². The van der Waals surface area contributed by atoms with E-state index in [9.17, 15) is 0 Å². The Labute approximate surface area is 54.8 Å². The molecule has 0 spiro atoms. The van der Waals surface area contributed by atoms with Crippen molar-refractivity contribution in [3.63, 3.8) is 0 Å². The molecule has 0 saturated carbocycles. The Morgan fingerprint density at radius 3 is 2.67 bits per heavy atom. The van der Waals surface area contributed by atoms with Crippen LogP contribution in [-0.4, -0.2) is 23.9 Å². The lowest BCUT2D eigenvalue weighted by atomic mass is 9.90. The van der Waals surface area contributed by atoms with Crippen molar-refractivity contribution in [2.75, 3.05) is 6.61 Å². The summed E-state index contributed by atoms with van der Waals surface area (Å²) in [6.45, 7) is 0.321. The van der Waals surface area contributed by atoms with E-state index in [0.717, 1.165) is 6.42 Å². The molecule has 0 radical (unpaired) electrons. The van der Waals surface area contributed by atoms with E-state index in [1.807, 2.05) is 0 Å². The number of ether oxygens (including phenoxy) is 1. The maximum Gasteiger partial charge on any atom is 0.0630 e. The van der Waals surface area contributed by atoms with Crippen molar-refractivity contribution in [3.8, 4) is 0 Å². The van der Waals surface area contributed by atoms with E-state index >= 15 is 0 Å². The maximum absolute atomic E-state index is 8.81. The smallest absolute Gasteiger partial charge is 0.0630 e. The summed E-state index contributed by atoms with van der Waals surface area (Å²) in [5.74, 6) is 0.462. The fraction of sp³-hybridized carbons (Fsp3) is 1.00. The van der Waals surface area contributed by atoms with Crippen LogP contribution in [0.5, 0.6) is 0 Å². The zero-order valence-electron chi connectivity index (χ0n) is 5.42. The Hall–Kier alpha value is -0.0800. The van der Waals surface area contributed by atoms with Gasteiger partial charge in [-0.1, -0.05) is 0 Å². The monoisotopic (exact) mass is 128 g/mol. The molecule has 2 heteroatoms. The summed E-state index contributed by atoms with van der Waals surface area (Å²) in [7, 11) is 0. The fourth-order valence-electron chi connectivity index (χ4n) is 1.94. The minimum Gasteiger partial charge on any atom is -0.396 e. The number of aliphatic hydroxyl groups excluding tert-OH is 1. The largest absolute Gasteiger partial charge is 0.396 e. The molecule has 0 unspecified atom stereocenters. The molecule has 9 heavy (non-hydrogen) atoms. The molecule has 2 aliphatic rings. The van der Waals surface area contributed by atoms with Crippen molar-refractivity contribution in [3.05, 3.63) is 0 Å². The van der Waals surface area contributed by atoms with Crippen molar-refractivity contribution in [1.82, 2.24) is 0 Å². The summed E-state index contributed by atoms with van der Waals surface area (Å²) in [5.41, 5.74) is 0. The minimum absolute atomic E-state index is 0.321. The van der Waals surface area contributed by atoms with Gasteiger partial charge in [0.25, 0.3) is 0 Å². The summed E-state index contributed by atoms with van der Waals surface area (Å²) in [4.78, 5) is 0.